The Morgan fingerprint density at radius 2 is 1.94 bits per heavy atom. The zero-order valence-corrected chi connectivity index (χ0v) is 10.9. The molecule has 2 N–H and O–H groups in total. The molecule has 0 amide bonds. The van der Waals surface area contributed by atoms with Gasteiger partial charge in [0.05, 0.1) is 6.21 Å². The van der Waals surface area contributed by atoms with Crippen molar-refractivity contribution in [3.8, 4) is 0 Å². The van der Waals surface area contributed by atoms with E-state index in [0.29, 0.717) is 0 Å². The van der Waals surface area contributed by atoms with Gasteiger partial charge in [0.25, 0.3) is 0 Å². The summed E-state index contributed by atoms with van der Waals surface area (Å²) in [6.07, 6.45) is 5.40. The largest absolute Gasteiger partial charge is 0.378 e. The number of benzene rings is 1. The third kappa shape index (κ3) is 2.51. The number of anilines is 1. The average Bonchev–Trinajstić information content (AvgIpc) is 2.68. The average molecular weight is 244 g/mol. The van der Waals surface area contributed by atoms with Gasteiger partial charge in [-0.25, -0.2) is 0 Å². The van der Waals surface area contributed by atoms with Gasteiger partial charge < -0.3 is 4.90 Å². The van der Waals surface area contributed by atoms with E-state index >= 15 is 0 Å². The van der Waals surface area contributed by atoms with Gasteiger partial charge in [0.1, 0.15) is 0 Å². The summed E-state index contributed by atoms with van der Waals surface area (Å²) in [6, 6.07) is 8.20. The highest BCUT2D eigenvalue weighted by Crippen LogP contribution is 2.10. The SMILES string of the molecule is Cc1n(/N=C/c2ccc(N(C)C)cc2)cc[n+]1N. The molecule has 0 aliphatic heterocycles. The molecule has 1 aromatic carbocycles. The third-order valence-corrected chi connectivity index (χ3v) is 2.81. The van der Waals surface area contributed by atoms with E-state index in [1.54, 1.807) is 10.9 Å². The van der Waals surface area contributed by atoms with Gasteiger partial charge in [-0.2, -0.15) is 0 Å². The molecule has 18 heavy (non-hydrogen) atoms. The minimum atomic E-state index is 0.871. The van der Waals surface area contributed by atoms with Gasteiger partial charge in [-0.15, -0.1) is 9.35 Å². The van der Waals surface area contributed by atoms with Crippen molar-refractivity contribution < 1.29 is 4.68 Å². The zero-order valence-electron chi connectivity index (χ0n) is 10.9. The van der Waals surface area contributed by atoms with Gasteiger partial charge in [-0.3, -0.25) is 5.84 Å². The third-order valence-electron chi connectivity index (χ3n) is 2.81. The molecule has 0 unspecified atom stereocenters. The Labute approximate surface area is 107 Å². The molecule has 0 aliphatic rings. The first kappa shape index (κ1) is 12.2. The summed E-state index contributed by atoms with van der Waals surface area (Å²) in [6.45, 7) is 1.91. The van der Waals surface area contributed by atoms with E-state index in [1.807, 2.05) is 45.6 Å². The van der Waals surface area contributed by atoms with Gasteiger partial charge in [-0.1, -0.05) is 17.2 Å². The molecule has 0 aliphatic carbocycles. The Morgan fingerprint density at radius 1 is 1.28 bits per heavy atom. The molecule has 1 heterocycles. The molecule has 5 nitrogen and oxygen atoms in total. The molecule has 5 heteroatoms. The lowest BCUT2D eigenvalue weighted by atomic mass is 10.2. The molecule has 1 aromatic heterocycles. The van der Waals surface area contributed by atoms with Crippen molar-refractivity contribution in [3.63, 3.8) is 0 Å². The highest BCUT2D eigenvalue weighted by atomic mass is 15.4. The number of aromatic nitrogens is 2. The standard InChI is InChI=1S/C13H18N5/c1-11-17(14)8-9-18(11)15-10-12-4-6-13(7-5-12)16(2)3/h4-10H,14H2,1-3H3/q+1/b15-10+. The fourth-order valence-corrected chi connectivity index (χ4v) is 1.58. The Kier molecular flexibility index (Phi) is 3.32. The van der Waals surface area contributed by atoms with Crippen molar-refractivity contribution in [2.45, 2.75) is 6.92 Å². The Morgan fingerprint density at radius 3 is 2.44 bits per heavy atom. The summed E-state index contributed by atoms with van der Waals surface area (Å²) in [7, 11) is 4.04. The summed E-state index contributed by atoms with van der Waals surface area (Å²) in [5.41, 5.74) is 2.22. The second-order valence-corrected chi connectivity index (χ2v) is 4.33. The van der Waals surface area contributed by atoms with Gasteiger partial charge in [0.2, 0.25) is 0 Å². The maximum atomic E-state index is 5.68. The number of nitrogens with zero attached hydrogens (tertiary/aromatic N) is 4. The van der Waals surface area contributed by atoms with Crippen LogP contribution in [0.5, 0.6) is 0 Å². The maximum Gasteiger partial charge on any atom is 0.301 e. The summed E-state index contributed by atoms with van der Waals surface area (Å²) in [4.78, 5) is 2.06. The first-order valence-electron chi connectivity index (χ1n) is 5.74. The molecule has 0 spiro atoms. The van der Waals surface area contributed by atoms with Crippen molar-refractivity contribution in [1.29, 1.82) is 0 Å². The van der Waals surface area contributed by atoms with Crippen LogP contribution in [0.25, 0.3) is 0 Å². The Balaban J connectivity index is 2.16. The van der Waals surface area contributed by atoms with Crippen LogP contribution in [0.2, 0.25) is 0 Å². The number of imidazole rings is 1. The lowest BCUT2D eigenvalue weighted by Gasteiger charge is -2.11. The predicted octanol–water partition coefficient (Wildman–Crippen LogP) is 0.746. The monoisotopic (exact) mass is 244 g/mol. The van der Waals surface area contributed by atoms with Gasteiger partial charge in [0, 0.05) is 26.7 Å². The van der Waals surface area contributed by atoms with Crippen molar-refractivity contribution >= 4 is 11.9 Å². The van der Waals surface area contributed by atoms with E-state index in [1.165, 1.54) is 10.4 Å². The van der Waals surface area contributed by atoms with E-state index in [-0.39, 0.29) is 0 Å². The first-order valence-corrected chi connectivity index (χ1v) is 5.74. The fourth-order valence-electron chi connectivity index (χ4n) is 1.58. The van der Waals surface area contributed by atoms with Crippen LogP contribution < -0.4 is 15.4 Å². The van der Waals surface area contributed by atoms with Crippen LogP contribution in [-0.2, 0) is 0 Å². The van der Waals surface area contributed by atoms with Crippen LogP contribution in [0, 0.1) is 6.92 Å². The summed E-state index contributed by atoms with van der Waals surface area (Å²) in [5.74, 6) is 6.55. The van der Waals surface area contributed by atoms with Crippen LogP contribution in [0.4, 0.5) is 5.69 Å². The number of nitrogens with two attached hydrogens (primary N) is 1. The van der Waals surface area contributed by atoms with Crippen LogP contribution in [0.3, 0.4) is 0 Å². The normalized spacial score (nSPS) is 11.1. The lowest BCUT2D eigenvalue weighted by molar-refractivity contribution is -0.645. The molecular formula is C13H18N5+. The second-order valence-electron chi connectivity index (χ2n) is 4.33. The van der Waals surface area contributed by atoms with Gasteiger partial charge in [-0.05, 0) is 17.7 Å². The number of hydrogen-bond donors (Lipinski definition) is 1. The van der Waals surface area contributed by atoms with Crippen molar-refractivity contribution in [3.05, 3.63) is 48.0 Å². The quantitative estimate of drug-likeness (QED) is 0.492. The van der Waals surface area contributed by atoms with Crippen molar-refractivity contribution in [2.24, 2.45) is 5.10 Å². The molecule has 94 valence electrons. The van der Waals surface area contributed by atoms with E-state index in [0.717, 1.165) is 11.4 Å². The van der Waals surface area contributed by atoms with Crippen LogP contribution in [0.15, 0.2) is 41.8 Å². The highest BCUT2D eigenvalue weighted by Gasteiger charge is 2.07. The topological polar surface area (TPSA) is 50.4 Å². The van der Waals surface area contributed by atoms with E-state index < -0.39 is 0 Å². The van der Waals surface area contributed by atoms with Crippen molar-refractivity contribution in [2.75, 3.05) is 24.8 Å². The zero-order chi connectivity index (χ0) is 13.1. The van der Waals surface area contributed by atoms with E-state index in [9.17, 15) is 0 Å². The van der Waals surface area contributed by atoms with Crippen LogP contribution >= 0.6 is 0 Å². The van der Waals surface area contributed by atoms with Gasteiger partial charge in [0.15, 0.2) is 12.4 Å². The number of rotatable bonds is 3. The predicted molar refractivity (Wildman–Crippen MR) is 73.3 cm³/mol. The van der Waals surface area contributed by atoms with Crippen LogP contribution in [-0.4, -0.2) is 25.0 Å². The fraction of sp³-hybridized carbons (Fsp3) is 0.231. The van der Waals surface area contributed by atoms with E-state index in [2.05, 4.69) is 22.1 Å². The molecule has 2 aromatic rings. The summed E-state index contributed by atoms with van der Waals surface area (Å²) < 4.78 is 3.27. The molecule has 0 saturated carbocycles. The maximum absolute atomic E-state index is 5.68. The number of nitrogen functional groups attached to an aromatic ring is 1. The molecule has 0 bridgehead atoms. The minimum Gasteiger partial charge on any atom is -0.378 e. The van der Waals surface area contributed by atoms with Gasteiger partial charge >= 0.3 is 5.82 Å². The highest BCUT2D eigenvalue weighted by molar-refractivity contribution is 5.80. The van der Waals surface area contributed by atoms with Crippen molar-refractivity contribution in [1.82, 2.24) is 4.68 Å². The molecule has 0 radical (unpaired) electrons. The minimum absolute atomic E-state index is 0.871. The Hall–Kier alpha value is -2.30. The van der Waals surface area contributed by atoms with Crippen LogP contribution in [0.1, 0.15) is 11.4 Å². The van der Waals surface area contributed by atoms with E-state index in [4.69, 9.17) is 5.84 Å². The summed E-state index contributed by atoms with van der Waals surface area (Å²) >= 11 is 0. The molecule has 0 saturated heterocycles. The Bertz CT molecular complexity index is 551. The summed E-state index contributed by atoms with van der Waals surface area (Å²) in [5, 5.41) is 4.35. The number of hydrogen-bond acceptors (Lipinski definition) is 3. The first-order chi connectivity index (χ1) is 8.58. The second kappa shape index (κ2) is 4.91. The molecule has 2 rings (SSSR count). The molecule has 0 fully saturated rings. The molecule has 0 atom stereocenters. The smallest absolute Gasteiger partial charge is 0.301 e. The molecular weight excluding hydrogens is 226 g/mol. The lowest BCUT2D eigenvalue weighted by Crippen LogP contribution is -2.45.